The van der Waals surface area contributed by atoms with Gasteiger partial charge in [-0.25, -0.2) is 0 Å². The number of amides is 1. The molecule has 2 aromatic rings. The number of anilines is 2. The first kappa shape index (κ1) is 22.2. The molecule has 1 fully saturated rings. The van der Waals surface area contributed by atoms with Crippen molar-refractivity contribution in [2.45, 2.75) is 33.6 Å². The first-order valence-corrected chi connectivity index (χ1v) is 11.0. The summed E-state index contributed by atoms with van der Waals surface area (Å²) in [5.41, 5.74) is 5.44. The van der Waals surface area contributed by atoms with Crippen molar-refractivity contribution in [1.82, 2.24) is 9.80 Å². The molecule has 1 saturated heterocycles. The van der Waals surface area contributed by atoms with E-state index in [0.717, 1.165) is 53.8 Å². The third-order valence-electron chi connectivity index (χ3n) is 5.60. The Morgan fingerprint density at radius 1 is 0.967 bits per heavy atom. The number of hydrogen-bond acceptors (Lipinski definition) is 3. The van der Waals surface area contributed by atoms with Crippen molar-refractivity contribution in [3.05, 3.63) is 59.2 Å². The molecule has 160 valence electrons. The molecule has 6 heteroatoms. The van der Waals surface area contributed by atoms with E-state index >= 15 is 0 Å². The molecular weight excluding hydrogens is 392 g/mol. The van der Waals surface area contributed by atoms with E-state index in [1.807, 2.05) is 32.0 Å². The van der Waals surface area contributed by atoms with Gasteiger partial charge in [0, 0.05) is 37.6 Å². The molecule has 0 aromatic heterocycles. The number of nitrogens with one attached hydrogen (secondary N) is 2. The average Bonchev–Trinajstić information content (AvgIpc) is 2.72. The van der Waals surface area contributed by atoms with Crippen LogP contribution in [0.2, 0.25) is 0 Å². The maximum atomic E-state index is 12.5. The molecule has 2 aromatic carbocycles. The number of para-hydroxylation sites is 1. The van der Waals surface area contributed by atoms with E-state index < -0.39 is 0 Å². The fourth-order valence-electron chi connectivity index (χ4n) is 3.66. The highest BCUT2D eigenvalue weighted by Gasteiger charge is 2.21. The van der Waals surface area contributed by atoms with Crippen LogP contribution in [0.15, 0.2) is 42.5 Å². The van der Waals surface area contributed by atoms with Gasteiger partial charge in [-0.3, -0.25) is 9.69 Å². The Kier molecular flexibility index (Phi) is 7.45. The van der Waals surface area contributed by atoms with Crippen molar-refractivity contribution in [3.63, 3.8) is 0 Å². The molecule has 5 nitrogen and oxygen atoms in total. The van der Waals surface area contributed by atoms with Gasteiger partial charge in [0.05, 0.1) is 6.54 Å². The van der Waals surface area contributed by atoms with E-state index in [1.165, 1.54) is 5.56 Å². The number of carbonyl (C=O) groups is 1. The quantitative estimate of drug-likeness (QED) is 0.698. The van der Waals surface area contributed by atoms with Crippen LogP contribution in [0.4, 0.5) is 11.4 Å². The third kappa shape index (κ3) is 5.80. The SMILES string of the molecule is Cc1cccc(C)c1NC(=O)CN1CCN(C(=S)Nc2ccc(C(C)C)cc2)CC1. The molecule has 30 heavy (non-hydrogen) atoms. The van der Waals surface area contributed by atoms with Crippen LogP contribution in [0.1, 0.15) is 36.5 Å². The summed E-state index contributed by atoms with van der Waals surface area (Å²) in [6.07, 6.45) is 0. The zero-order valence-corrected chi connectivity index (χ0v) is 19.2. The van der Waals surface area contributed by atoms with E-state index in [-0.39, 0.29) is 5.91 Å². The number of hydrogen-bond donors (Lipinski definition) is 2. The number of nitrogens with zero attached hydrogens (tertiary/aromatic N) is 2. The number of benzene rings is 2. The Bertz CT molecular complexity index is 866. The van der Waals surface area contributed by atoms with Gasteiger partial charge < -0.3 is 15.5 Å². The van der Waals surface area contributed by atoms with Crippen molar-refractivity contribution in [3.8, 4) is 0 Å². The largest absolute Gasteiger partial charge is 0.346 e. The minimum absolute atomic E-state index is 0.0341. The van der Waals surface area contributed by atoms with E-state index in [0.29, 0.717) is 12.5 Å². The molecule has 3 rings (SSSR count). The van der Waals surface area contributed by atoms with Crippen molar-refractivity contribution in [1.29, 1.82) is 0 Å². The second kappa shape index (κ2) is 10.0. The van der Waals surface area contributed by atoms with E-state index in [1.54, 1.807) is 0 Å². The number of carbonyl (C=O) groups excluding carboxylic acids is 1. The summed E-state index contributed by atoms with van der Waals surface area (Å²) in [5.74, 6) is 0.554. The lowest BCUT2D eigenvalue weighted by atomic mass is 10.0. The minimum Gasteiger partial charge on any atom is -0.346 e. The second-order valence-electron chi connectivity index (χ2n) is 8.29. The van der Waals surface area contributed by atoms with E-state index in [2.05, 4.69) is 58.5 Å². The standard InChI is InChI=1S/C24H32N4OS/c1-17(2)20-8-10-21(11-9-20)25-24(30)28-14-12-27(13-15-28)16-22(29)26-23-18(3)6-5-7-19(23)4/h5-11,17H,12-16H2,1-4H3,(H,25,30)(H,26,29). The van der Waals surface area contributed by atoms with Gasteiger partial charge in [0.15, 0.2) is 5.11 Å². The van der Waals surface area contributed by atoms with Crippen molar-refractivity contribution in [2.75, 3.05) is 43.4 Å². The van der Waals surface area contributed by atoms with Crippen LogP contribution in [-0.2, 0) is 4.79 Å². The summed E-state index contributed by atoms with van der Waals surface area (Å²) in [6.45, 7) is 12.1. The Morgan fingerprint density at radius 2 is 1.57 bits per heavy atom. The van der Waals surface area contributed by atoms with Crippen LogP contribution in [0, 0.1) is 13.8 Å². The summed E-state index contributed by atoms with van der Waals surface area (Å²) in [4.78, 5) is 16.9. The predicted molar refractivity (Wildman–Crippen MR) is 129 cm³/mol. The lowest BCUT2D eigenvalue weighted by molar-refractivity contribution is -0.117. The molecule has 0 bridgehead atoms. The Hall–Kier alpha value is -2.44. The van der Waals surface area contributed by atoms with Crippen LogP contribution in [0.5, 0.6) is 0 Å². The van der Waals surface area contributed by atoms with Crippen LogP contribution in [0.3, 0.4) is 0 Å². The molecule has 0 radical (unpaired) electrons. The van der Waals surface area contributed by atoms with Crippen molar-refractivity contribution < 1.29 is 4.79 Å². The number of aryl methyl sites for hydroxylation is 2. The molecule has 0 saturated carbocycles. The lowest BCUT2D eigenvalue weighted by Gasteiger charge is -2.35. The van der Waals surface area contributed by atoms with Gasteiger partial charge >= 0.3 is 0 Å². The number of piperazine rings is 1. The Balaban J connectivity index is 1.46. The van der Waals surface area contributed by atoms with Gasteiger partial charge in [-0.2, -0.15) is 0 Å². The van der Waals surface area contributed by atoms with E-state index in [4.69, 9.17) is 12.2 Å². The molecule has 1 aliphatic heterocycles. The summed E-state index contributed by atoms with van der Waals surface area (Å²) in [7, 11) is 0. The summed E-state index contributed by atoms with van der Waals surface area (Å²) < 4.78 is 0. The van der Waals surface area contributed by atoms with Crippen molar-refractivity contribution in [2.24, 2.45) is 0 Å². The molecule has 1 aliphatic rings. The third-order valence-corrected chi connectivity index (χ3v) is 5.96. The molecule has 0 spiro atoms. The Morgan fingerprint density at radius 3 is 2.13 bits per heavy atom. The molecule has 2 N–H and O–H groups in total. The van der Waals surface area contributed by atoms with Crippen LogP contribution >= 0.6 is 12.2 Å². The molecule has 0 unspecified atom stereocenters. The summed E-state index contributed by atoms with van der Waals surface area (Å²) >= 11 is 5.60. The maximum absolute atomic E-state index is 12.5. The molecule has 0 aliphatic carbocycles. The minimum atomic E-state index is 0.0341. The fourth-order valence-corrected chi connectivity index (χ4v) is 3.96. The normalized spacial score (nSPS) is 14.6. The first-order chi connectivity index (χ1) is 14.3. The molecule has 1 amide bonds. The maximum Gasteiger partial charge on any atom is 0.238 e. The topological polar surface area (TPSA) is 47.6 Å². The van der Waals surface area contributed by atoms with Crippen LogP contribution in [-0.4, -0.2) is 53.5 Å². The fraction of sp³-hybridized carbons (Fsp3) is 0.417. The Labute approximate surface area is 185 Å². The highest BCUT2D eigenvalue weighted by molar-refractivity contribution is 7.80. The van der Waals surface area contributed by atoms with Gasteiger partial charge in [-0.15, -0.1) is 0 Å². The zero-order chi connectivity index (χ0) is 21.7. The lowest BCUT2D eigenvalue weighted by Crippen LogP contribution is -2.51. The van der Waals surface area contributed by atoms with Gasteiger partial charge in [0.1, 0.15) is 0 Å². The van der Waals surface area contributed by atoms with Gasteiger partial charge in [0.2, 0.25) is 5.91 Å². The van der Waals surface area contributed by atoms with Gasteiger partial charge in [-0.1, -0.05) is 44.2 Å². The van der Waals surface area contributed by atoms with Gasteiger partial charge in [-0.05, 0) is 60.8 Å². The van der Waals surface area contributed by atoms with E-state index in [9.17, 15) is 4.79 Å². The predicted octanol–water partition coefficient (Wildman–Crippen LogP) is 4.38. The highest BCUT2D eigenvalue weighted by Crippen LogP contribution is 2.20. The second-order valence-corrected chi connectivity index (χ2v) is 8.67. The number of thiocarbonyl (C=S) groups is 1. The van der Waals surface area contributed by atoms with Crippen LogP contribution in [0.25, 0.3) is 0 Å². The zero-order valence-electron chi connectivity index (χ0n) is 18.4. The van der Waals surface area contributed by atoms with Gasteiger partial charge in [0.25, 0.3) is 0 Å². The first-order valence-electron chi connectivity index (χ1n) is 10.6. The highest BCUT2D eigenvalue weighted by atomic mass is 32.1. The molecular formula is C24H32N4OS. The smallest absolute Gasteiger partial charge is 0.238 e. The summed E-state index contributed by atoms with van der Waals surface area (Å²) in [6, 6.07) is 14.5. The summed E-state index contributed by atoms with van der Waals surface area (Å²) in [5, 5.41) is 7.15. The number of rotatable bonds is 5. The average molecular weight is 425 g/mol. The van der Waals surface area contributed by atoms with Crippen molar-refractivity contribution >= 4 is 34.6 Å². The molecule has 1 heterocycles. The molecule has 0 atom stereocenters. The monoisotopic (exact) mass is 424 g/mol. The van der Waals surface area contributed by atoms with Crippen LogP contribution < -0.4 is 10.6 Å².